The number of rotatable bonds is 2. The molecule has 2 nitrogen and oxygen atoms in total. The van der Waals surface area contributed by atoms with Gasteiger partial charge in [0.05, 0.1) is 0 Å². The molecule has 0 bridgehead atoms. The van der Waals surface area contributed by atoms with Gasteiger partial charge in [-0.15, -0.1) is 0 Å². The Morgan fingerprint density at radius 3 is 2.68 bits per heavy atom. The van der Waals surface area contributed by atoms with Gasteiger partial charge in [-0.2, -0.15) is 0 Å². The largest absolute Gasteiger partial charge is 0.454 e. The molecule has 3 rings (SSSR count). The van der Waals surface area contributed by atoms with E-state index in [-0.39, 0.29) is 0 Å². The minimum Gasteiger partial charge on any atom is -0.454 e. The summed E-state index contributed by atoms with van der Waals surface area (Å²) in [7, 11) is 0. The Balaban J connectivity index is 1.85. The predicted octanol–water partition coefficient (Wildman–Crippen LogP) is 4.37. The van der Waals surface area contributed by atoms with Crippen molar-refractivity contribution >= 4 is 28.8 Å². The summed E-state index contributed by atoms with van der Waals surface area (Å²) in [5.74, 6) is 1.57. The van der Waals surface area contributed by atoms with Gasteiger partial charge in [0.1, 0.15) is 10.7 Å². The van der Waals surface area contributed by atoms with Crippen molar-refractivity contribution in [2.45, 2.75) is 12.8 Å². The second kappa shape index (κ2) is 5.35. The Kier molecular flexibility index (Phi) is 3.58. The fourth-order valence-electron chi connectivity index (χ4n) is 2.33. The molecule has 1 aromatic heterocycles. The first-order valence-electron chi connectivity index (χ1n) is 6.39. The van der Waals surface area contributed by atoms with Crippen LogP contribution in [0.15, 0.2) is 40.8 Å². The zero-order valence-corrected chi connectivity index (χ0v) is 12.0. The maximum Gasteiger partial charge on any atom is 0.162 e. The minimum atomic E-state index is 0.706. The van der Waals surface area contributed by atoms with Gasteiger partial charge in [0, 0.05) is 23.7 Å². The average Bonchev–Trinajstić information content (AvgIpc) is 3.10. The van der Waals surface area contributed by atoms with Gasteiger partial charge < -0.3 is 9.32 Å². The highest BCUT2D eigenvalue weighted by Gasteiger charge is 2.19. The summed E-state index contributed by atoms with van der Waals surface area (Å²) in [6.45, 7) is 2.07. The molecule has 0 radical (unpaired) electrons. The maximum atomic E-state index is 5.99. The summed E-state index contributed by atoms with van der Waals surface area (Å²) in [4.78, 5) is 3.02. The third kappa shape index (κ3) is 2.67. The Morgan fingerprint density at radius 1 is 1.16 bits per heavy atom. The van der Waals surface area contributed by atoms with Crippen molar-refractivity contribution in [1.82, 2.24) is 4.90 Å². The number of hydrogen-bond acceptors (Lipinski definition) is 2. The van der Waals surface area contributed by atoms with E-state index in [2.05, 4.69) is 4.90 Å². The van der Waals surface area contributed by atoms with Gasteiger partial charge in [0.2, 0.25) is 0 Å². The van der Waals surface area contributed by atoms with Crippen molar-refractivity contribution < 1.29 is 4.42 Å². The second-order valence-electron chi connectivity index (χ2n) is 4.67. The van der Waals surface area contributed by atoms with E-state index in [9.17, 15) is 0 Å². The van der Waals surface area contributed by atoms with E-state index in [0.29, 0.717) is 5.02 Å². The standard InChI is InChI=1S/C15H14ClNOS/c16-12-5-3-4-11(10-12)13-6-7-14(18-13)15(19)17-8-1-2-9-17/h3-7,10H,1-2,8-9H2. The van der Waals surface area contributed by atoms with Crippen LogP contribution in [0.1, 0.15) is 18.6 Å². The van der Waals surface area contributed by atoms with Crippen LogP contribution in [-0.2, 0) is 0 Å². The van der Waals surface area contributed by atoms with Gasteiger partial charge in [-0.1, -0.05) is 36.0 Å². The molecule has 0 N–H and O–H groups in total. The van der Waals surface area contributed by atoms with E-state index in [1.54, 1.807) is 0 Å². The molecule has 1 aromatic carbocycles. The van der Waals surface area contributed by atoms with Crippen LogP contribution in [0, 0.1) is 0 Å². The molecule has 0 atom stereocenters. The number of furan rings is 1. The lowest BCUT2D eigenvalue weighted by Gasteiger charge is -2.16. The zero-order chi connectivity index (χ0) is 13.2. The van der Waals surface area contributed by atoms with Crippen molar-refractivity contribution in [2.24, 2.45) is 0 Å². The fraction of sp³-hybridized carbons (Fsp3) is 0.267. The maximum absolute atomic E-state index is 5.99. The van der Waals surface area contributed by atoms with Crippen LogP contribution in [0.2, 0.25) is 5.02 Å². The third-order valence-corrected chi connectivity index (χ3v) is 4.01. The number of nitrogens with zero attached hydrogens (tertiary/aromatic N) is 1. The Morgan fingerprint density at radius 2 is 1.95 bits per heavy atom. The van der Waals surface area contributed by atoms with Crippen molar-refractivity contribution in [1.29, 1.82) is 0 Å². The number of halogens is 1. The van der Waals surface area contributed by atoms with E-state index < -0.39 is 0 Å². The van der Waals surface area contributed by atoms with Crippen LogP contribution < -0.4 is 0 Å². The first kappa shape index (κ1) is 12.7. The minimum absolute atomic E-state index is 0.706. The van der Waals surface area contributed by atoms with E-state index in [4.69, 9.17) is 28.2 Å². The molecule has 4 heteroatoms. The summed E-state index contributed by atoms with van der Waals surface area (Å²) in [6.07, 6.45) is 2.42. The highest BCUT2D eigenvalue weighted by atomic mass is 35.5. The van der Waals surface area contributed by atoms with E-state index in [1.165, 1.54) is 12.8 Å². The van der Waals surface area contributed by atoms with Gasteiger partial charge in [0.25, 0.3) is 0 Å². The molecule has 1 aliphatic heterocycles. The Hall–Kier alpha value is -1.32. The van der Waals surface area contributed by atoms with Crippen LogP contribution in [0.25, 0.3) is 11.3 Å². The number of likely N-dealkylation sites (tertiary alicyclic amines) is 1. The van der Waals surface area contributed by atoms with Crippen molar-refractivity contribution in [3.63, 3.8) is 0 Å². The third-order valence-electron chi connectivity index (χ3n) is 3.32. The lowest BCUT2D eigenvalue weighted by Crippen LogP contribution is -2.26. The molecular weight excluding hydrogens is 278 g/mol. The molecule has 0 amide bonds. The first-order chi connectivity index (χ1) is 9.24. The molecule has 98 valence electrons. The second-order valence-corrected chi connectivity index (χ2v) is 5.50. The van der Waals surface area contributed by atoms with Crippen molar-refractivity contribution in [3.8, 4) is 11.3 Å². The van der Waals surface area contributed by atoms with Crippen LogP contribution in [0.3, 0.4) is 0 Å². The van der Waals surface area contributed by atoms with Crippen molar-refractivity contribution in [2.75, 3.05) is 13.1 Å². The summed E-state index contributed by atoms with van der Waals surface area (Å²) in [6, 6.07) is 11.5. The quantitative estimate of drug-likeness (QED) is 0.765. The van der Waals surface area contributed by atoms with E-state index in [1.807, 2.05) is 36.4 Å². The molecule has 0 saturated carbocycles. The van der Waals surface area contributed by atoms with Crippen molar-refractivity contribution in [3.05, 3.63) is 47.2 Å². The first-order valence-corrected chi connectivity index (χ1v) is 7.18. The van der Waals surface area contributed by atoms with Crippen LogP contribution in [0.4, 0.5) is 0 Å². The molecular formula is C15H14ClNOS. The molecule has 19 heavy (non-hydrogen) atoms. The van der Waals surface area contributed by atoms with Crippen LogP contribution in [0.5, 0.6) is 0 Å². The topological polar surface area (TPSA) is 16.4 Å². The summed E-state index contributed by atoms with van der Waals surface area (Å²) in [5.41, 5.74) is 0.975. The summed E-state index contributed by atoms with van der Waals surface area (Å²) < 4.78 is 5.86. The number of thiocarbonyl (C=S) groups is 1. The van der Waals surface area contributed by atoms with Crippen LogP contribution in [-0.4, -0.2) is 23.0 Å². The van der Waals surface area contributed by atoms with Gasteiger partial charge >= 0.3 is 0 Å². The number of benzene rings is 1. The van der Waals surface area contributed by atoms with Gasteiger partial charge in [0.15, 0.2) is 5.76 Å². The smallest absolute Gasteiger partial charge is 0.162 e. The van der Waals surface area contributed by atoms with E-state index >= 15 is 0 Å². The SMILES string of the molecule is S=C(c1ccc(-c2cccc(Cl)c2)o1)N1CCCC1. The zero-order valence-electron chi connectivity index (χ0n) is 10.4. The molecule has 1 fully saturated rings. The Bertz CT molecular complexity index is 602. The molecule has 0 spiro atoms. The van der Waals surface area contributed by atoms with Gasteiger partial charge in [-0.3, -0.25) is 0 Å². The normalized spacial score (nSPS) is 14.9. The predicted molar refractivity (Wildman–Crippen MR) is 81.7 cm³/mol. The molecule has 0 aliphatic carbocycles. The molecule has 1 aliphatic rings. The monoisotopic (exact) mass is 291 g/mol. The van der Waals surface area contributed by atoms with Gasteiger partial charge in [-0.05, 0) is 37.1 Å². The molecule has 2 aromatic rings. The average molecular weight is 292 g/mol. The van der Waals surface area contributed by atoms with Crippen LogP contribution >= 0.6 is 23.8 Å². The molecule has 0 unspecified atom stereocenters. The number of hydrogen-bond donors (Lipinski definition) is 0. The summed E-state index contributed by atoms with van der Waals surface area (Å²) >= 11 is 11.5. The van der Waals surface area contributed by atoms with Gasteiger partial charge in [-0.25, -0.2) is 0 Å². The lowest BCUT2D eigenvalue weighted by molar-refractivity contribution is 0.500. The lowest BCUT2D eigenvalue weighted by atomic mass is 10.2. The molecule has 2 heterocycles. The highest BCUT2D eigenvalue weighted by Crippen LogP contribution is 2.26. The highest BCUT2D eigenvalue weighted by molar-refractivity contribution is 7.80. The summed E-state index contributed by atoms with van der Waals surface area (Å²) in [5, 5.41) is 0.706. The Labute approximate surface area is 123 Å². The fourth-order valence-corrected chi connectivity index (χ4v) is 2.81. The van der Waals surface area contributed by atoms with E-state index in [0.717, 1.165) is 35.2 Å². The molecule has 1 saturated heterocycles.